The normalized spacial score (nSPS) is 15.1. The average Bonchev–Trinajstić information content (AvgIpc) is 2.78. The van der Waals surface area contributed by atoms with Crippen LogP contribution in [0.4, 0.5) is 0 Å². The zero-order chi connectivity index (χ0) is 20.9. The summed E-state index contributed by atoms with van der Waals surface area (Å²) in [5, 5.41) is 0.926. The number of amides is 1. The molecular weight excluding hydrogens is 378 g/mol. The number of ether oxygens (including phenoxy) is 1. The Bertz CT molecular complexity index is 1000. The van der Waals surface area contributed by atoms with Crippen molar-refractivity contribution in [1.82, 2.24) is 24.8 Å². The summed E-state index contributed by atoms with van der Waals surface area (Å²) in [7, 11) is 0. The van der Waals surface area contributed by atoms with Gasteiger partial charge in [-0.15, -0.1) is 0 Å². The second kappa shape index (κ2) is 9.28. The maximum atomic E-state index is 13.2. The van der Waals surface area contributed by atoms with E-state index in [1.54, 1.807) is 24.8 Å². The quantitative estimate of drug-likeness (QED) is 0.628. The van der Waals surface area contributed by atoms with Crippen LogP contribution in [0.3, 0.4) is 0 Å². The van der Waals surface area contributed by atoms with Gasteiger partial charge in [0.05, 0.1) is 18.2 Å². The monoisotopic (exact) mass is 405 g/mol. The third-order valence-electron chi connectivity index (χ3n) is 5.34. The smallest absolute Gasteiger partial charge is 0.272 e. The standard InChI is InChI=1S/C23H27N5O2/c1-17(2)30-14-13-27-9-11-28(12-10-27)23(29)22-15-19(18-3-6-24-7-4-18)20-16-25-8-5-21(20)26-22/h3-8,15-17H,9-14H2,1-2H3. The number of aromatic nitrogens is 3. The Balaban J connectivity index is 1.52. The van der Waals surface area contributed by atoms with Gasteiger partial charge in [-0.25, -0.2) is 4.98 Å². The molecule has 0 aliphatic carbocycles. The van der Waals surface area contributed by atoms with Crippen molar-refractivity contribution in [2.45, 2.75) is 20.0 Å². The Morgan fingerprint density at radius 1 is 1.07 bits per heavy atom. The van der Waals surface area contributed by atoms with E-state index < -0.39 is 0 Å². The summed E-state index contributed by atoms with van der Waals surface area (Å²) in [6, 6.07) is 7.61. The summed E-state index contributed by atoms with van der Waals surface area (Å²) in [5.74, 6) is -0.0258. The molecule has 1 aliphatic rings. The first-order valence-electron chi connectivity index (χ1n) is 10.4. The minimum Gasteiger partial charge on any atom is -0.377 e. The molecule has 3 aromatic heterocycles. The number of pyridine rings is 3. The van der Waals surface area contributed by atoms with Gasteiger partial charge in [0.1, 0.15) is 5.69 Å². The van der Waals surface area contributed by atoms with Crippen LogP contribution in [-0.4, -0.2) is 76.1 Å². The first kappa shape index (κ1) is 20.4. The molecule has 0 bridgehead atoms. The summed E-state index contributed by atoms with van der Waals surface area (Å²) in [5.41, 5.74) is 3.18. The lowest BCUT2D eigenvalue weighted by Gasteiger charge is -2.34. The highest BCUT2D eigenvalue weighted by atomic mass is 16.5. The second-order valence-electron chi connectivity index (χ2n) is 7.74. The summed E-state index contributed by atoms with van der Waals surface area (Å²) in [6.07, 6.45) is 7.25. The van der Waals surface area contributed by atoms with Crippen molar-refractivity contribution < 1.29 is 9.53 Å². The number of rotatable bonds is 6. The van der Waals surface area contributed by atoms with E-state index in [-0.39, 0.29) is 12.0 Å². The molecule has 1 saturated heterocycles. The zero-order valence-electron chi connectivity index (χ0n) is 17.5. The van der Waals surface area contributed by atoms with Gasteiger partial charge in [0, 0.05) is 62.9 Å². The van der Waals surface area contributed by atoms with Crippen LogP contribution in [0.5, 0.6) is 0 Å². The number of carbonyl (C=O) groups excluding carboxylic acids is 1. The molecule has 0 saturated carbocycles. The first-order valence-corrected chi connectivity index (χ1v) is 10.4. The third kappa shape index (κ3) is 4.63. The van der Waals surface area contributed by atoms with E-state index in [1.165, 1.54) is 0 Å². The van der Waals surface area contributed by atoms with Crippen molar-refractivity contribution in [3.8, 4) is 11.1 Å². The van der Waals surface area contributed by atoms with Crippen LogP contribution in [0.1, 0.15) is 24.3 Å². The van der Waals surface area contributed by atoms with Gasteiger partial charge in [0.25, 0.3) is 5.91 Å². The van der Waals surface area contributed by atoms with Gasteiger partial charge < -0.3 is 9.64 Å². The molecule has 0 aromatic carbocycles. The van der Waals surface area contributed by atoms with Gasteiger partial charge in [0.2, 0.25) is 0 Å². The predicted octanol–water partition coefficient (Wildman–Crippen LogP) is 2.87. The third-order valence-corrected chi connectivity index (χ3v) is 5.34. The lowest BCUT2D eigenvalue weighted by atomic mass is 10.0. The Labute approximate surface area is 176 Å². The lowest BCUT2D eigenvalue weighted by Crippen LogP contribution is -2.49. The molecule has 4 heterocycles. The van der Waals surface area contributed by atoms with Crippen LogP contribution >= 0.6 is 0 Å². The molecule has 0 radical (unpaired) electrons. The van der Waals surface area contributed by atoms with E-state index in [0.717, 1.165) is 48.3 Å². The lowest BCUT2D eigenvalue weighted by molar-refractivity contribution is 0.0405. The highest BCUT2D eigenvalue weighted by Gasteiger charge is 2.24. The van der Waals surface area contributed by atoms with Gasteiger partial charge in [-0.3, -0.25) is 19.7 Å². The summed E-state index contributed by atoms with van der Waals surface area (Å²) in [4.78, 5) is 30.4. The zero-order valence-corrected chi connectivity index (χ0v) is 17.5. The highest BCUT2D eigenvalue weighted by Crippen LogP contribution is 2.28. The predicted molar refractivity (Wildman–Crippen MR) is 116 cm³/mol. The summed E-state index contributed by atoms with van der Waals surface area (Å²) < 4.78 is 5.64. The molecule has 0 spiro atoms. The van der Waals surface area contributed by atoms with Gasteiger partial charge in [0.15, 0.2) is 0 Å². The van der Waals surface area contributed by atoms with Crippen LogP contribution in [0.25, 0.3) is 22.0 Å². The molecule has 3 aromatic rings. The largest absolute Gasteiger partial charge is 0.377 e. The molecule has 0 N–H and O–H groups in total. The Morgan fingerprint density at radius 2 is 1.80 bits per heavy atom. The van der Waals surface area contributed by atoms with Crippen LogP contribution in [0.2, 0.25) is 0 Å². The second-order valence-corrected chi connectivity index (χ2v) is 7.74. The van der Waals surface area contributed by atoms with Crippen molar-refractivity contribution >= 4 is 16.8 Å². The van der Waals surface area contributed by atoms with Gasteiger partial charge in [-0.1, -0.05) is 0 Å². The van der Waals surface area contributed by atoms with Crippen molar-refractivity contribution in [3.63, 3.8) is 0 Å². The SMILES string of the molecule is CC(C)OCCN1CCN(C(=O)c2cc(-c3ccncc3)c3cnccc3n2)CC1. The Kier molecular flexibility index (Phi) is 6.30. The average molecular weight is 406 g/mol. The molecule has 7 nitrogen and oxygen atoms in total. The fourth-order valence-corrected chi connectivity index (χ4v) is 3.70. The molecular formula is C23H27N5O2. The Hall–Kier alpha value is -2.90. The van der Waals surface area contributed by atoms with Crippen LogP contribution in [0.15, 0.2) is 49.1 Å². The van der Waals surface area contributed by atoms with E-state index in [1.807, 2.05) is 43.0 Å². The van der Waals surface area contributed by atoms with Crippen molar-refractivity contribution in [2.75, 3.05) is 39.3 Å². The Morgan fingerprint density at radius 3 is 2.53 bits per heavy atom. The number of carbonyl (C=O) groups is 1. The van der Waals surface area contributed by atoms with E-state index in [2.05, 4.69) is 19.9 Å². The molecule has 1 fully saturated rings. The number of hydrogen-bond donors (Lipinski definition) is 0. The molecule has 1 amide bonds. The number of piperazine rings is 1. The van der Waals surface area contributed by atoms with E-state index in [0.29, 0.717) is 18.8 Å². The molecule has 0 unspecified atom stereocenters. The number of fused-ring (bicyclic) bond motifs is 1. The maximum absolute atomic E-state index is 13.2. The van der Waals surface area contributed by atoms with E-state index in [9.17, 15) is 4.79 Å². The van der Waals surface area contributed by atoms with Gasteiger partial charge in [-0.2, -0.15) is 0 Å². The molecule has 4 rings (SSSR count). The molecule has 0 atom stereocenters. The highest BCUT2D eigenvalue weighted by molar-refractivity contribution is 6.01. The molecule has 7 heteroatoms. The number of hydrogen-bond acceptors (Lipinski definition) is 6. The van der Waals surface area contributed by atoms with Crippen LogP contribution < -0.4 is 0 Å². The molecule has 30 heavy (non-hydrogen) atoms. The maximum Gasteiger partial charge on any atom is 0.272 e. The van der Waals surface area contributed by atoms with Crippen LogP contribution in [0, 0.1) is 0 Å². The number of nitrogens with zero attached hydrogens (tertiary/aromatic N) is 5. The van der Waals surface area contributed by atoms with Crippen molar-refractivity contribution in [3.05, 3.63) is 54.7 Å². The summed E-state index contributed by atoms with van der Waals surface area (Å²) >= 11 is 0. The minimum atomic E-state index is -0.0258. The topological polar surface area (TPSA) is 71.5 Å². The van der Waals surface area contributed by atoms with E-state index in [4.69, 9.17) is 4.74 Å². The summed E-state index contributed by atoms with van der Waals surface area (Å²) in [6.45, 7) is 8.80. The first-order chi connectivity index (χ1) is 14.6. The molecule has 1 aliphatic heterocycles. The van der Waals surface area contributed by atoms with Gasteiger partial charge >= 0.3 is 0 Å². The minimum absolute atomic E-state index is 0.0258. The van der Waals surface area contributed by atoms with Crippen LogP contribution in [-0.2, 0) is 4.74 Å². The van der Waals surface area contributed by atoms with Crippen molar-refractivity contribution in [1.29, 1.82) is 0 Å². The van der Waals surface area contributed by atoms with Gasteiger partial charge in [-0.05, 0) is 49.2 Å². The fourth-order valence-electron chi connectivity index (χ4n) is 3.70. The van der Waals surface area contributed by atoms with E-state index >= 15 is 0 Å². The molecule has 156 valence electrons. The van der Waals surface area contributed by atoms with Crippen molar-refractivity contribution in [2.24, 2.45) is 0 Å². The fraction of sp³-hybridized carbons (Fsp3) is 0.391.